The molecule has 214 valence electrons. The summed E-state index contributed by atoms with van der Waals surface area (Å²) in [5.74, 6) is 1.65. The topological polar surface area (TPSA) is 97.0 Å². The molecule has 2 aromatic carbocycles. The van der Waals surface area contributed by atoms with Crippen molar-refractivity contribution in [1.82, 2.24) is 24.6 Å². The number of unbranched alkanes of at least 4 members (excludes halogenated alkanes) is 1. The van der Waals surface area contributed by atoms with E-state index in [1.54, 1.807) is 0 Å². The van der Waals surface area contributed by atoms with Crippen molar-refractivity contribution in [3.05, 3.63) is 92.1 Å². The number of aromatic nitrogens is 4. The molecule has 1 aliphatic rings. The third kappa shape index (κ3) is 6.25. The van der Waals surface area contributed by atoms with Crippen molar-refractivity contribution in [3.8, 4) is 22.5 Å². The van der Waals surface area contributed by atoms with Gasteiger partial charge in [0.05, 0.1) is 17.8 Å². The highest BCUT2D eigenvalue weighted by Crippen LogP contribution is 2.30. The lowest BCUT2D eigenvalue weighted by Gasteiger charge is -2.37. The summed E-state index contributed by atoms with van der Waals surface area (Å²) >= 11 is 5.94. The van der Waals surface area contributed by atoms with E-state index in [0.717, 1.165) is 60.4 Å². The van der Waals surface area contributed by atoms with Crippen molar-refractivity contribution < 1.29 is 4.52 Å². The van der Waals surface area contributed by atoms with Crippen LogP contribution in [0.25, 0.3) is 22.5 Å². The highest BCUT2D eigenvalue weighted by Gasteiger charge is 2.27. The third-order valence-electron chi connectivity index (χ3n) is 7.78. The number of aryl methyl sites for hydroxylation is 2. The van der Waals surface area contributed by atoms with Gasteiger partial charge in [-0.25, -0.2) is 9.78 Å². The molecule has 9 heteroatoms. The molecule has 1 fully saturated rings. The second-order valence-electron chi connectivity index (χ2n) is 11.3. The molecule has 0 saturated carbocycles. The molecule has 1 N–H and O–H groups in total. The fourth-order valence-corrected chi connectivity index (χ4v) is 6.28. The van der Waals surface area contributed by atoms with E-state index in [9.17, 15) is 9.59 Å². The molecule has 0 radical (unpaired) electrons. The highest BCUT2D eigenvalue weighted by atomic mass is 32.1. The second-order valence-corrected chi connectivity index (χ2v) is 11.7. The van der Waals surface area contributed by atoms with Crippen LogP contribution in [0.5, 0.6) is 0 Å². The van der Waals surface area contributed by atoms with E-state index in [-0.39, 0.29) is 5.56 Å². The van der Waals surface area contributed by atoms with Gasteiger partial charge in [-0.05, 0) is 48.3 Å². The van der Waals surface area contributed by atoms with E-state index in [2.05, 4.69) is 35.8 Å². The number of nitrogens with zero attached hydrogens (tertiary/aromatic N) is 4. The Morgan fingerprint density at radius 3 is 2.37 bits per heavy atom. The molecule has 0 aliphatic carbocycles. The van der Waals surface area contributed by atoms with E-state index in [1.807, 2.05) is 60.0 Å². The molecule has 2 unspecified atom stereocenters. The summed E-state index contributed by atoms with van der Waals surface area (Å²) in [6.07, 6.45) is 3.88. The Morgan fingerprint density at radius 1 is 1.05 bits per heavy atom. The molecule has 2 aromatic heterocycles. The lowest BCUT2D eigenvalue weighted by Crippen LogP contribution is -2.45. The summed E-state index contributed by atoms with van der Waals surface area (Å²) in [7, 11) is 0. The number of likely N-dealkylation sites (tertiary alicyclic amines) is 1. The van der Waals surface area contributed by atoms with Gasteiger partial charge in [0.25, 0.3) is 5.56 Å². The minimum Gasteiger partial charge on any atom is -0.362 e. The van der Waals surface area contributed by atoms with Gasteiger partial charge in [0.15, 0.2) is 5.82 Å². The Hall–Kier alpha value is -3.85. The summed E-state index contributed by atoms with van der Waals surface area (Å²) in [6.45, 7) is 10.7. The zero-order valence-corrected chi connectivity index (χ0v) is 25.0. The number of H-pyrrole nitrogens is 1. The number of hydrogen-bond acceptors (Lipinski definition) is 6. The van der Waals surface area contributed by atoms with Crippen LogP contribution in [0.2, 0.25) is 0 Å². The average molecular weight is 572 g/mol. The number of nitrogens with one attached hydrogen (secondary N) is 1. The van der Waals surface area contributed by atoms with Crippen LogP contribution in [0, 0.1) is 18.8 Å². The molecule has 8 nitrogen and oxygen atoms in total. The van der Waals surface area contributed by atoms with Crippen LogP contribution in [0.1, 0.15) is 62.7 Å². The van der Waals surface area contributed by atoms with Gasteiger partial charge in [-0.3, -0.25) is 18.9 Å². The van der Waals surface area contributed by atoms with Crippen molar-refractivity contribution in [2.24, 2.45) is 11.8 Å². The molecular weight excluding hydrogens is 534 g/mol. The number of aromatic amines is 1. The Bertz CT molecular complexity index is 1640. The van der Waals surface area contributed by atoms with Crippen LogP contribution in [-0.2, 0) is 13.0 Å². The van der Waals surface area contributed by atoms with E-state index in [1.165, 1.54) is 6.42 Å². The smallest absolute Gasteiger partial charge is 0.362 e. The van der Waals surface area contributed by atoms with Crippen molar-refractivity contribution in [3.63, 3.8) is 0 Å². The van der Waals surface area contributed by atoms with Crippen molar-refractivity contribution in [1.29, 1.82) is 0 Å². The average Bonchev–Trinajstić information content (AvgIpc) is 3.39. The second kappa shape index (κ2) is 12.3. The highest BCUT2D eigenvalue weighted by molar-refractivity contribution is 7.80. The fraction of sp³-hybridized carbons (Fsp3) is 0.406. The zero-order valence-electron chi connectivity index (χ0n) is 24.1. The number of rotatable bonds is 8. The maximum Gasteiger partial charge on any atom is 0.439 e. The van der Waals surface area contributed by atoms with Crippen LogP contribution in [0.3, 0.4) is 0 Å². The minimum atomic E-state index is -0.593. The van der Waals surface area contributed by atoms with Crippen molar-refractivity contribution in [2.75, 3.05) is 13.1 Å². The molecule has 0 bridgehead atoms. The third-order valence-corrected chi connectivity index (χ3v) is 8.24. The SMILES string of the molecule is CCCCc1nc(C)c(C(=S)N2CC(C)CC(C)C2)c(=O)n1Cc1ccc(-c2ccccc2-c2noc(=O)[nH]2)cc1. The normalized spacial score (nSPS) is 17.1. The van der Waals surface area contributed by atoms with Gasteiger partial charge in [-0.1, -0.05) is 93.1 Å². The number of benzene rings is 2. The van der Waals surface area contributed by atoms with Crippen LogP contribution in [0.15, 0.2) is 62.6 Å². The lowest BCUT2D eigenvalue weighted by molar-refractivity contribution is 0.216. The molecule has 0 spiro atoms. The van der Waals surface area contributed by atoms with Crippen LogP contribution in [-0.4, -0.2) is 42.7 Å². The molecule has 41 heavy (non-hydrogen) atoms. The maximum atomic E-state index is 14.1. The Balaban J connectivity index is 1.48. The molecule has 5 rings (SSSR count). The molecule has 3 heterocycles. The van der Waals surface area contributed by atoms with Gasteiger partial charge in [-0.15, -0.1) is 0 Å². The summed E-state index contributed by atoms with van der Waals surface area (Å²) in [5.41, 5.74) is 4.83. The van der Waals surface area contributed by atoms with Crippen LogP contribution < -0.4 is 11.3 Å². The first-order valence-corrected chi connectivity index (χ1v) is 14.8. The zero-order chi connectivity index (χ0) is 29.1. The molecule has 2 atom stereocenters. The van der Waals surface area contributed by atoms with Crippen LogP contribution >= 0.6 is 12.2 Å². The number of piperidine rings is 1. The van der Waals surface area contributed by atoms with E-state index in [0.29, 0.717) is 40.5 Å². The molecular formula is C32H37N5O3S. The Morgan fingerprint density at radius 2 is 1.73 bits per heavy atom. The summed E-state index contributed by atoms with van der Waals surface area (Å²) < 4.78 is 6.53. The van der Waals surface area contributed by atoms with E-state index in [4.69, 9.17) is 21.7 Å². The predicted molar refractivity (Wildman–Crippen MR) is 165 cm³/mol. The van der Waals surface area contributed by atoms with Gasteiger partial charge in [0.1, 0.15) is 10.8 Å². The first-order chi connectivity index (χ1) is 19.7. The Kier molecular flexibility index (Phi) is 8.63. The predicted octanol–water partition coefficient (Wildman–Crippen LogP) is 5.61. The Labute approximate surface area is 245 Å². The molecule has 4 aromatic rings. The first kappa shape index (κ1) is 28.7. The number of hydrogen-bond donors (Lipinski definition) is 1. The monoisotopic (exact) mass is 571 g/mol. The van der Waals surface area contributed by atoms with Crippen molar-refractivity contribution >= 4 is 17.2 Å². The standard InChI is InChI=1S/C32H37N5O3S/c1-5-6-11-27-33-22(4)28(31(41)36-17-20(2)16-21(3)18-36)30(38)37(27)19-23-12-14-24(15-13-23)25-9-7-8-10-26(25)29-34-32(39)40-35-29/h7-10,12-15,20-21H,5-6,11,16-19H2,1-4H3,(H,34,35,39). The summed E-state index contributed by atoms with van der Waals surface area (Å²) in [4.78, 5) is 36.0. The van der Waals surface area contributed by atoms with E-state index < -0.39 is 5.76 Å². The van der Waals surface area contributed by atoms with Gasteiger partial charge < -0.3 is 4.90 Å². The number of thiocarbonyl (C=S) groups is 1. The van der Waals surface area contributed by atoms with Gasteiger partial charge >= 0.3 is 5.76 Å². The van der Waals surface area contributed by atoms with Crippen molar-refractivity contribution in [2.45, 2.75) is 59.9 Å². The minimum absolute atomic E-state index is 0.0658. The first-order valence-electron chi connectivity index (χ1n) is 14.4. The molecule has 1 aliphatic heterocycles. The largest absolute Gasteiger partial charge is 0.439 e. The molecule has 1 saturated heterocycles. The fourth-order valence-electron chi connectivity index (χ4n) is 5.90. The quantitative estimate of drug-likeness (QED) is 0.275. The summed E-state index contributed by atoms with van der Waals surface area (Å²) in [6, 6.07) is 15.8. The van der Waals surface area contributed by atoms with E-state index >= 15 is 0 Å². The lowest BCUT2D eigenvalue weighted by atomic mass is 9.91. The maximum absolute atomic E-state index is 14.1. The van der Waals surface area contributed by atoms with Crippen LogP contribution in [0.4, 0.5) is 0 Å². The summed E-state index contributed by atoms with van der Waals surface area (Å²) in [5, 5.41) is 3.86. The van der Waals surface area contributed by atoms with Gasteiger partial charge in [0.2, 0.25) is 0 Å². The van der Waals surface area contributed by atoms with Gasteiger partial charge in [-0.2, -0.15) is 0 Å². The molecule has 0 amide bonds. The van der Waals surface area contributed by atoms with Gasteiger partial charge in [0, 0.05) is 25.1 Å².